The molecule has 1 heterocycles. The molecular formula is C17H25N3O3. The molecule has 6 heteroatoms. The monoisotopic (exact) mass is 319 g/mol. The molecule has 23 heavy (non-hydrogen) atoms. The fourth-order valence-electron chi connectivity index (χ4n) is 2.96. The van der Waals surface area contributed by atoms with Gasteiger partial charge in [-0.1, -0.05) is 31.0 Å². The number of nitrogens with one attached hydrogen (secondary N) is 1. The first kappa shape index (κ1) is 17.4. The number of rotatable bonds is 7. The SMILES string of the molecule is O=C(Cc1ccccc1[N+](=O)[O-])NCCCN1CCCCCC1. The van der Waals surface area contributed by atoms with Gasteiger partial charge in [0.2, 0.25) is 5.91 Å². The zero-order valence-corrected chi connectivity index (χ0v) is 13.5. The van der Waals surface area contributed by atoms with Gasteiger partial charge in [-0.2, -0.15) is 0 Å². The second-order valence-corrected chi connectivity index (χ2v) is 6.02. The Morgan fingerprint density at radius 1 is 1.17 bits per heavy atom. The molecule has 1 aliphatic heterocycles. The van der Waals surface area contributed by atoms with Crippen LogP contribution in [0.15, 0.2) is 24.3 Å². The number of carbonyl (C=O) groups is 1. The van der Waals surface area contributed by atoms with E-state index in [0.717, 1.165) is 26.1 Å². The first-order valence-electron chi connectivity index (χ1n) is 8.38. The molecule has 2 rings (SSSR count). The zero-order valence-electron chi connectivity index (χ0n) is 13.5. The van der Waals surface area contributed by atoms with Crippen molar-refractivity contribution in [1.29, 1.82) is 0 Å². The van der Waals surface area contributed by atoms with E-state index in [2.05, 4.69) is 10.2 Å². The number of hydrogen-bond acceptors (Lipinski definition) is 4. The van der Waals surface area contributed by atoms with Crippen LogP contribution in [0.25, 0.3) is 0 Å². The maximum atomic E-state index is 11.9. The van der Waals surface area contributed by atoms with Crippen molar-refractivity contribution in [3.05, 3.63) is 39.9 Å². The van der Waals surface area contributed by atoms with E-state index in [4.69, 9.17) is 0 Å². The van der Waals surface area contributed by atoms with Gasteiger partial charge in [0.1, 0.15) is 0 Å². The van der Waals surface area contributed by atoms with Crippen molar-refractivity contribution in [2.75, 3.05) is 26.2 Å². The molecule has 0 atom stereocenters. The second-order valence-electron chi connectivity index (χ2n) is 6.02. The smallest absolute Gasteiger partial charge is 0.273 e. The standard InChI is InChI=1S/C17H25N3O3/c21-17(14-15-8-3-4-9-16(15)20(22)23)18-10-7-13-19-11-5-1-2-6-12-19/h3-4,8-9H,1-2,5-7,10-14H2,(H,18,21). The maximum Gasteiger partial charge on any atom is 0.273 e. The Bertz CT molecular complexity index is 526. The molecule has 1 fully saturated rings. The Kier molecular flexibility index (Phi) is 7.00. The van der Waals surface area contributed by atoms with Gasteiger partial charge < -0.3 is 10.2 Å². The van der Waals surface area contributed by atoms with Crippen LogP contribution in [0.1, 0.15) is 37.7 Å². The number of nitro benzene ring substituents is 1. The minimum atomic E-state index is -0.443. The lowest BCUT2D eigenvalue weighted by molar-refractivity contribution is -0.385. The lowest BCUT2D eigenvalue weighted by atomic mass is 10.1. The van der Waals surface area contributed by atoms with Crippen molar-refractivity contribution in [2.45, 2.75) is 38.5 Å². The van der Waals surface area contributed by atoms with E-state index in [-0.39, 0.29) is 18.0 Å². The van der Waals surface area contributed by atoms with E-state index in [0.29, 0.717) is 12.1 Å². The summed E-state index contributed by atoms with van der Waals surface area (Å²) in [5.41, 5.74) is 0.467. The number of likely N-dealkylation sites (tertiary alicyclic amines) is 1. The summed E-state index contributed by atoms with van der Waals surface area (Å²) in [5, 5.41) is 13.8. The molecule has 1 saturated heterocycles. The summed E-state index contributed by atoms with van der Waals surface area (Å²) < 4.78 is 0. The quantitative estimate of drug-likeness (QED) is 0.476. The molecule has 1 aromatic carbocycles. The molecule has 0 aromatic heterocycles. The summed E-state index contributed by atoms with van der Waals surface area (Å²) in [7, 11) is 0. The van der Waals surface area contributed by atoms with Crippen molar-refractivity contribution >= 4 is 11.6 Å². The van der Waals surface area contributed by atoms with E-state index >= 15 is 0 Å². The topological polar surface area (TPSA) is 75.5 Å². The number of benzene rings is 1. The molecule has 0 saturated carbocycles. The van der Waals surface area contributed by atoms with Crippen LogP contribution < -0.4 is 5.32 Å². The van der Waals surface area contributed by atoms with Gasteiger partial charge in [-0.05, 0) is 38.9 Å². The average Bonchev–Trinajstić information content (AvgIpc) is 2.80. The van der Waals surface area contributed by atoms with Gasteiger partial charge in [-0.3, -0.25) is 14.9 Å². The highest BCUT2D eigenvalue weighted by Gasteiger charge is 2.15. The van der Waals surface area contributed by atoms with Crippen LogP contribution >= 0.6 is 0 Å². The van der Waals surface area contributed by atoms with Gasteiger partial charge in [0.25, 0.3) is 5.69 Å². The summed E-state index contributed by atoms with van der Waals surface area (Å²) in [5.74, 6) is -0.157. The van der Waals surface area contributed by atoms with Crippen molar-refractivity contribution in [3.63, 3.8) is 0 Å². The van der Waals surface area contributed by atoms with Crippen molar-refractivity contribution in [1.82, 2.24) is 10.2 Å². The van der Waals surface area contributed by atoms with Gasteiger partial charge >= 0.3 is 0 Å². The van der Waals surface area contributed by atoms with Crippen LogP contribution in [-0.2, 0) is 11.2 Å². The summed E-state index contributed by atoms with van der Waals surface area (Å²) in [6.45, 7) is 3.94. The molecular weight excluding hydrogens is 294 g/mol. The summed E-state index contributed by atoms with van der Waals surface area (Å²) >= 11 is 0. The highest BCUT2D eigenvalue weighted by molar-refractivity contribution is 5.79. The number of nitro groups is 1. The predicted molar refractivity (Wildman–Crippen MR) is 89.3 cm³/mol. The summed E-state index contributed by atoms with van der Waals surface area (Å²) in [6, 6.07) is 6.40. The lowest BCUT2D eigenvalue weighted by Gasteiger charge is -2.19. The van der Waals surface area contributed by atoms with E-state index in [9.17, 15) is 14.9 Å². The summed E-state index contributed by atoms with van der Waals surface area (Å²) in [6.07, 6.45) is 6.16. The third-order valence-corrected chi connectivity index (χ3v) is 4.21. The van der Waals surface area contributed by atoms with Gasteiger partial charge in [-0.25, -0.2) is 0 Å². The maximum absolute atomic E-state index is 11.9. The van der Waals surface area contributed by atoms with Crippen LogP contribution in [0.3, 0.4) is 0 Å². The van der Waals surface area contributed by atoms with Crippen LogP contribution in [0.2, 0.25) is 0 Å². The largest absolute Gasteiger partial charge is 0.356 e. The second kappa shape index (κ2) is 9.25. The number of nitrogens with zero attached hydrogens (tertiary/aromatic N) is 2. The fraction of sp³-hybridized carbons (Fsp3) is 0.588. The Morgan fingerprint density at radius 2 is 1.87 bits per heavy atom. The number of amides is 1. The Morgan fingerprint density at radius 3 is 2.57 bits per heavy atom. The van der Waals surface area contributed by atoms with E-state index < -0.39 is 4.92 Å². The minimum absolute atomic E-state index is 0.00668. The summed E-state index contributed by atoms with van der Waals surface area (Å²) in [4.78, 5) is 24.9. The zero-order chi connectivity index (χ0) is 16.5. The Labute approximate surface area is 137 Å². The van der Waals surface area contributed by atoms with Crippen LogP contribution in [0.5, 0.6) is 0 Å². The lowest BCUT2D eigenvalue weighted by Crippen LogP contribution is -2.31. The predicted octanol–water partition coefficient (Wildman–Crippen LogP) is 2.52. The molecule has 1 aromatic rings. The Hall–Kier alpha value is -1.95. The van der Waals surface area contributed by atoms with Crippen LogP contribution in [0.4, 0.5) is 5.69 Å². The molecule has 1 aliphatic rings. The van der Waals surface area contributed by atoms with E-state index in [1.807, 2.05) is 0 Å². The van der Waals surface area contributed by atoms with Crippen LogP contribution in [-0.4, -0.2) is 41.9 Å². The van der Waals surface area contributed by atoms with Gasteiger partial charge in [-0.15, -0.1) is 0 Å². The number of carbonyl (C=O) groups excluding carboxylic acids is 1. The molecule has 1 amide bonds. The normalized spacial score (nSPS) is 15.8. The van der Waals surface area contributed by atoms with E-state index in [1.54, 1.807) is 18.2 Å². The van der Waals surface area contributed by atoms with Crippen molar-refractivity contribution in [2.24, 2.45) is 0 Å². The van der Waals surface area contributed by atoms with E-state index in [1.165, 1.54) is 31.7 Å². The number of para-hydroxylation sites is 1. The molecule has 0 aliphatic carbocycles. The molecule has 0 spiro atoms. The van der Waals surface area contributed by atoms with Gasteiger partial charge in [0.05, 0.1) is 11.3 Å². The molecule has 1 N–H and O–H groups in total. The average molecular weight is 319 g/mol. The molecule has 126 valence electrons. The first-order valence-corrected chi connectivity index (χ1v) is 8.38. The fourth-order valence-corrected chi connectivity index (χ4v) is 2.96. The van der Waals surface area contributed by atoms with Gasteiger partial charge in [0, 0.05) is 18.2 Å². The molecule has 0 unspecified atom stereocenters. The van der Waals surface area contributed by atoms with Crippen LogP contribution in [0, 0.1) is 10.1 Å². The first-order chi connectivity index (χ1) is 11.2. The molecule has 6 nitrogen and oxygen atoms in total. The highest BCUT2D eigenvalue weighted by Crippen LogP contribution is 2.17. The molecule has 0 radical (unpaired) electrons. The molecule has 0 bridgehead atoms. The third-order valence-electron chi connectivity index (χ3n) is 4.21. The Balaban J connectivity index is 1.70. The van der Waals surface area contributed by atoms with Gasteiger partial charge in [0.15, 0.2) is 0 Å². The van der Waals surface area contributed by atoms with Crippen molar-refractivity contribution < 1.29 is 9.72 Å². The van der Waals surface area contributed by atoms with Crippen molar-refractivity contribution in [3.8, 4) is 0 Å². The third kappa shape index (κ3) is 5.98. The minimum Gasteiger partial charge on any atom is -0.356 e. The highest BCUT2D eigenvalue weighted by atomic mass is 16.6. The number of hydrogen-bond donors (Lipinski definition) is 1.